The van der Waals surface area contributed by atoms with Crippen LogP contribution in [0, 0.1) is 13.8 Å². The highest BCUT2D eigenvalue weighted by Crippen LogP contribution is 2.30. The number of rotatable bonds is 6. The van der Waals surface area contributed by atoms with E-state index in [2.05, 4.69) is 15.5 Å². The number of aryl methyl sites for hydroxylation is 2. The fourth-order valence-electron chi connectivity index (χ4n) is 2.33. The van der Waals surface area contributed by atoms with Gasteiger partial charge in [-0.1, -0.05) is 17.8 Å². The molecule has 1 N–H and O–H groups in total. The molecule has 0 unspecified atom stereocenters. The second-order valence-corrected chi connectivity index (χ2v) is 7.01. The van der Waals surface area contributed by atoms with Crippen LogP contribution in [0.5, 0.6) is 5.75 Å². The maximum absolute atomic E-state index is 12.5. The Kier molecular flexibility index (Phi) is 5.32. The van der Waals surface area contributed by atoms with Crippen molar-refractivity contribution in [1.29, 1.82) is 0 Å². The van der Waals surface area contributed by atoms with E-state index in [0.717, 1.165) is 11.1 Å². The highest BCUT2D eigenvalue weighted by molar-refractivity contribution is 8.00. The molecular formula is C18H19N3O4S. The van der Waals surface area contributed by atoms with Gasteiger partial charge in [0.05, 0.1) is 29.9 Å². The van der Waals surface area contributed by atoms with Crippen LogP contribution in [0.3, 0.4) is 0 Å². The number of hydrogen-bond acceptors (Lipinski definition) is 7. The average Bonchev–Trinajstić information content (AvgIpc) is 3.23. The number of benzene rings is 1. The number of thioether (sulfide) groups is 1. The Morgan fingerprint density at radius 3 is 2.77 bits per heavy atom. The summed E-state index contributed by atoms with van der Waals surface area (Å²) in [5, 5.41) is 10.8. The number of furan rings is 1. The summed E-state index contributed by atoms with van der Waals surface area (Å²) in [7, 11) is 1.57. The summed E-state index contributed by atoms with van der Waals surface area (Å²) < 4.78 is 16.1. The van der Waals surface area contributed by atoms with Crippen LogP contribution in [0.25, 0.3) is 11.5 Å². The van der Waals surface area contributed by atoms with E-state index in [1.54, 1.807) is 26.4 Å². The summed E-state index contributed by atoms with van der Waals surface area (Å²) >= 11 is 1.19. The van der Waals surface area contributed by atoms with Crippen molar-refractivity contribution < 1.29 is 18.4 Å². The molecule has 7 nitrogen and oxygen atoms in total. The molecule has 26 heavy (non-hydrogen) atoms. The maximum Gasteiger partial charge on any atom is 0.277 e. The van der Waals surface area contributed by atoms with Crippen LogP contribution in [0.1, 0.15) is 18.2 Å². The molecule has 0 spiro atoms. The van der Waals surface area contributed by atoms with Crippen molar-refractivity contribution in [2.75, 3.05) is 12.4 Å². The molecule has 0 bridgehead atoms. The number of hydrogen-bond donors (Lipinski definition) is 1. The summed E-state index contributed by atoms with van der Waals surface area (Å²) in [4.78, 5) is 12.5. The van der Waals surface area contributed by atoms with Crippen molar-refractivity contribution in [2.24, 2.45) is 0 Å². The predicted molar refractivity (Wildman–Crippen MR) is 98.4 cm³/mol. The molecule has 136 valence electrons. The van der Waals surface area contributed by atoms with Gasteiger partial charge in [-0.15, -0.1) is 10.2 Å². The molecule has 8 heteroatoms. The third-order valence-corrected chi connectivity index (χ3v) is 4.69. The number of methoxy groups -OCH3 is 1. The smallest absolute Gasteiger partial charge is 0.277 e. The lowest BCUT2D eigenvalue weighted by Crippen LogP contribution is -2.22. The molecular weight excluding hydrogens is 354 g/mol. The van der Waals surface area contributed by atoms with Gasteiger partial charge in [-0.25, -0.2) is 0 Å². The Bertz CT molecular complexity index is 919. The third kappa shape index (κ3) is 3.91. The van der Waals surface area contributed by atoms with Gasteiger partial charge in [0.2, 0.25) is 5.91 Å². The lowest BCUT2D eigenvalue weighted by atomic mass is 10.2. The summed E-state index contributed by atoms with van der Waals surface area (Å²) in [6.07, 6.45) is 1.56. The minimum atomic E-state index is -0.432. The molecule has 1 amide bonds. The van der Waals surface area contributed by atoms with Crippen LogP contribution >= 0.6 is 11.8 Å². The van der Waals surface area contributed by atoms with Gasteiger partial charge in [-0.3, -0.25) is 4.79 Å². The zero-order valence-corrected chi connectivity index (χ0v) is 15.7. The molecule has 0 radical (unpaired) electrons. The van der Waals surface area contributed by atoms with Crippen LogP contribution in [0.2, 0.25) is 0 Å². The van der Waals surface area contributed by atoms with Gasteiger partial charge in [0.1, 0.15) is 11.5 Å². The van der Waals surface area contributed by atoms with Gasteiger partial charge in [-0.2, -0.15) is 0 Å². The van der Waals surface area contributed by atoms with Crippen molar-refractivity contribution >= 4 is 23.4 Å². The zero-order valence-electron chi connectivity index (χ0n) is 14.9. The van der Waals surface area contributed by atoms with Crippen molar-refractivity contribution in [2.45, 2.75) is 31.2 Å². The molecule has 0 saturated heterocycles. The predicted octanol–water partition coefficient (Wildman–Crippen LogP) is 4.07. The normalized spacial score (nSPS) is 12.0. The minimum absolute atomic E-state index is 0.182. The van der Waals surface area contributed by atoms with Crippen molar-refractivity contribution in [1.82, 2.24) is 10.2 Å². The zero-order chi connectivity index (χ0) is 18.7. The van der Waals surface area contributed by atoms with Gasteiger partial charge in [0.15, 0.2) is 0 Å². The average molecular weight is 373 g/mol. The molecule has 1 atom stereocenters. The number of nitrogens with one attached hydrogen (secondary N) is 1. The number of amides is 1. The van der Waals surface area contributed by atoms with Gasteiger partial charge in [-0.05, 0) is 44.5 Å². The van der Waals surface area contributed by atoms with E-state index in [0.29, 0.717) is 28.3 Å². The first-order valence-corrected chi connectivity index (χ1v) is 8.86. The fraction of sp³-hybridized carbons (Fsp3) is 0.278. The van der Waals surface area contributed by atoms with Crippen molar-refractivity contribution in [3.63, 3.8) is 0 Å². The first-order valence-electron chi connectivity index (χ1n) is 7.98. The molecule has 3 rings (SSSR count). The number of ether oxygens (including phenoxy) is 1. The third-order valence-electron chi connectivity index (χ3n) is 3.76. The number of carbonyl (C=O) groups is 1. The highest BCUT2D eigenvalue weighted by atomic mass is 32.2. The second kappa shape index (κ2) is 7.65. The summed E-state index contributed by atoms with van der Waals surface area (Å²) in [6.45, 7) is 5.54. The minimum Gasteiger partial charge on any atom is -0.495 e. The first kappa shape index (κ1) is 18.1. The molecule has 2 aromatic heterocycles. The molecule has 2 heterocycles. The number of aromatic nitrogens is 2. The molecule has 0 aliphatic heterocycles. The first-order chi connectivity index (χ1) is 12.5. The van der Waals surface area contributed by atoms with Gasteiger partial charge >= 0.3 is 0 Å². The van der Waals surface area contributed by atoms with E-state index in [1.165, 1.54) is 11.8 Å². The molecule has 0 aliphatic rings. The maximum atomic E-state index is 12.5. The molecule has 3 aromatic rings. The summed E-state index contributed by atoms with van der Waals surface area (Å²) in [5.74, 6) is 1.49. The molecule has 0 fully saturated rings. The quantitative estimate of drug-likeness (QED) is 0.651. The molecule has 1 aromatic carbocycles. The van der Waals surface area contributed by atoms with E-state index in [4.69, 9.17) is 13.6 Å². The Morgan fingerprint density at radius 1 is 1.27 bits per heavy atom. The lowest BCUT2D eigenvalue weighted by molar-refractivity contribution is -0.115. The summed E-state index contributed by atoms with van der Waals surface area (Å²) in [6, 6.07) is 7.36. The van der Waals surface area contributed by atoms with Crippen LogP contribution in [-0.4, -0.2) is 28.5 Å². The SMILES string of the molecule is COc1ccc(C)cc1NC(=O)[C@H](C)Sc1nnc(-c2ccoc2C)o1. The Balaban J connectivity index is 1.68. The largest absolute Gasteiger partial charge is 0.495 e. The Hall–Kier alpha value is -2.74. The van der Waals surface area contributed by atoms with E-state index in [-0.39, 0.29) is 5.91 Å². The number of carbonyl (C=O) groups excluding carboxylic acids is 1. The van der Waals surface area contributed by atoms with Crippen LogP contribution in [-0.2, 0) is 4.79 Å². The fourth-order valence-corrected chi connectivity index (χ4v) is 3.02. The van der Waals surface area contributed by atoms with E-state index in [9.17, 15) is 4.79 Å². The van der Waals surface area contributed by atoms with E-state index >= 15 is 0 Å². The monoisotopic (exact) mass is 373 g/mol. The lowest BCUT2D eigenvalue weighted by Gasteiger charge is -2.13. The van der Waals surface area contributed by atoms with Gasteiger partial charge in [0, 0.05) is 0 Å². The van der Waals surface area contributed by atoms with Gasteiger partial charge in [0.25, 0.3) is 11.1 Å². The standard InChI is InChI=1S/C18H19N3O4S/c1-10-5-6-15(23-4)14(9-10)19-16(22)12(3)26-18-21-20-17(25-18)13-7-8-24-11(13)2/h5-9,12H,1-4H3,(H,19,22)/t12-/m0/s1. The Labute approximate surface area is 155 Å². The number of nitrogens with zero attached hydrogens (tertiary/aromatic N) is 2. The van der Waals surface area contributed by atoms with Crippen LogP contribution < -0.4 is 10.1 Å². The van der Waals surface area contributed by atoms with Crippen LogP contribution in [0.15, 0.2) is 44.6 Å². The summed E-state index contributed by atoms with van der Waals surface area (Å²) in [5.41, 5.74) is 2.40. The highest BCUT2D eigenvalue weighted by Gasteiger charge is 2.21. The second-order valence-electron chi connectivity index (χ2n) is 5.72. The van der Waals surface area contributed by atoms with E-state index in [1.807, 2.05) is 32.0 Å². The van der Waals surface area contributed by atoms with Gasteiger partial charge < -0.3 is 18.9 Å². The van der Waals surface area contributed by atoms with Crippen LogP contribution in [0.4, 0.5) is 5.69 Å². The van der Waals surface area contributed by atoms with Crippen molar-refractivity contribution in [3.05, 3.63) is 41.9 Å². The Morgan fingerprint density at radius 2 is 2.08 bits per heavy atom. The van der Waals surface area contributed by atoms with E-state index < -0.39 is 5.25 Å². The molecule has 0 aliphatic carbocycles. The topological polar surface area (TPSA) is 90.4 Å². The van der Waals surface area contributed by atoms with Crippen molar-refractivity contribution in [3.8, 4) is 17.2 Å². The number of anilines is 1. The molecule has 0 saturated carbocycles.